The lowest BCUT2D eigenvalue weighted by atomic mass is 10.1. The average Bonchev–Trinajstić information content (AvgIpc) is 2.50. The third-order valence-electron chi connectivity index (χ3n) is 3.29. The Bertz CT molecular complexity index is 570. The van der Waals surface area contributed by atoms with E-state index >= 15 is 0 Å². The van der Waals surface area contributed by atoms with Gasteiger partial charge in [0.15, 0.2) is 5.78 Å². The Kier molecular flexibility index (Phi) is 5.52. The van der Waals surface area contributed by atoms with Crippen LogP contribution in [0.3, 0.4) is 0 Å². The van der Waals surface area contributed by atoms with Crippen molar-refractivity contribution in [3.8, 4) is 11.5 Å². The molecule has 2 rings (SSSR count). The van der Waals surface area contributed by atoms with Gasteiger partial charge < -0.3 is 9.84 Å². The lowest BCUT2D eigenvalue weighted by molar-refractivity contribution is 0.101. The van der Waals surface area contributed by atoms with E-state index in [9.17, 15) is 4.79 Å². The van der Waals surface area contributed by atoms with Crippen molar-refractivity contribution < 1.29 is 14.6 Å². The summed E-state index contributed by atoms with van der Waals surface area (Å²) in [7, 11) is 0. The first-order valence-corrected chi connectivity index (χ1v) is 7.17. The maximum Gasteiger partial charge on any atom is 0.159 e. The molecule has 0 aliphatic carbocycles. The number of aliphatic hydroxyl groups excluding tert-OH is 1. The first-order valence-electron chi connectivity index (χ1n) is 7.17. The van der Waals surface area contributed by atoms with Crippen LogP contribution < -0.4 is 4.74 Å². The van der Waals surface area contributed by atoms with Gasteiger partial charge in [0.2, 0.25) is 0 Å². The standard InChI is InChI=1S/C18H20O3/c1-14(20)16-7-11-18(12-8-16)21-17-9-5-15(6-10-17)4-2-3-13-19/h5-12,19H,2-4,13H2,1H3. The topological polar surface area (TPSA) is 46.5 Å². The van der Waals surface area contributed by atoms with E-state index in [2.05, 4.69) is 0 Å². The predicted octanol–water partition coefficient (Wildman–Crippen LogP) is 4.00. The van der Waals surface area contributed by atoms with Gasteiger partial charge in [-0.15, -0.1) is 0 Å². The molecule has 2 aromatic rings. The van der Waals surface area contributed by atoms with Gasteiger partial charge in [0.25, 0.3) is 0 Å². The normalized spacial score (nSPS) is 10.4. The molecular formula is C18H20O3. The number of carbonyl (C=O) groups excluding carboxylic acids is 1. The Labute approximate surface area is 125 Å². The highest BCUT2D eigenvalue weighted by atomic mass is 16.5. The van der Waals surface area contributed by atoms with E-state index in [4.69, 9.17) is 9.84 Å². The summed E-state index contributed by atoms with van der Waals surface area (Å²) >= 11 is 0. The zero-order valence-electron chi connectivity index (χ0n) is 12.2. The average molecular weight is 284 g/mol. The Morgan fingerprint density at radius 1 is 0.952 bits per heavy atom. The van der Waals surface area contributed by atoms with Crippen LogP contribution in [-0.2, 0) is 6.42 Å². The van der Waals surface area contributed by atoms with Crippen LogP contribution in [0.5, 0.6) is 11.5 Å². The van der Waals surface area contributed by atoms with Crippen LogP contribution in [0.4, 0.5) is 0 Å². The number of unbranched alkanes of at least 4 members (excludes halogenated alkanes) is 1. The highest BCUT2D eigenvalue weighted by Crippen LogP contribution is 2.22. The number of carbonyl (C=O) groups is 1. The van der Waals surface area contributed by atoms with Gasteiger partial charge in [-0.05, 0) is 68.1 Å². The minimum absolute atomic E-state index is 0.0498. The summed E-state index contributed by atoms with van der Waals surface area (Å²) in [4.78, 5) is 11.2. The van der Waals surface area contributed by atoms with Crippen molar-refractivity contribution >= 4 is 5.78 Å². The largest absolute Gasteiger partial charge is 0.457 e. The number of aryl methyl sites for hydroxylation is 1. The van der Waals surface area contributed by atoms with E-state index in [0.29, 0.717) is 11.3 Å². The minimum Gasteiger partial charge on any atom is -0.457 e. The molecule has 110 valence electrons. The summed E-state index contributed by atoms with van der Waals surface area (Å²) in [6, 6.07) is 15.1. The molecule has 0 aliphatic heterocycles. The SMILES string of the molecule is CC(=O)c1ccc(Oc2ccc(CCCCO)cc2)cc1. The molecule has 0 saturated heterocycles. The van der Waals surface area contributed by atoms with Crippen molar-refractivity contribution in [3.63, 3.8) is 0 Å². The summed E-state index contributed by atoms with van der Waals surface area (Å²) < 4.78 is 5.74. The fourth-order valence-corrected chi connectivity index (χ4v) is 2.06. The molecule has 0 aliphatic rings. The fourth-order valence-electron chi connectivity index (χ4n) is 2.06. The van der Waals surface area contributed by atoms with Crippen LogP contribution in [0.2, 0.25) is 0 Å². The van der Waals surface area contributed by atoms with Crippen molar-refractivity contribution in [1.82, 2.24) is 0 Å². The van der Waals surface area contributed by atoms with Crippen LogP contribution >= 0.6 is 0 Å². The van der Waals surface area contributed by atoms with Crippen molar-refractivity contribution in [2.75, 3.05) is 6.61 Å². The first kappa shape index (κ1) is 15.3. The highest BCUT2D eigenvalue weighted by Gasteiger charge is 2.01. The van der Waals surface area contributed by atoms with E-state index in [1.54, 1.807) is 31.2 Å². The molecule has 0 aromatic heterocycles. The summed E-state index contributed by atoms with van der Waals surface area (Å²) in [6.45, 7) is 1.79. The molecule has 0 fully saturated rings. The number of hydrogen-bond acceptors (Lipinski definition) is 3. The van der Waals surface area contributed by atoms with E-state index in [1.165, 1.54) is 5.56 Å². The third-order valence-corrected chi connectivity index (χ3v) is 3.29. The van der Waals surface area contributed by atoms with Gasteiger partial charge in [0, 0.05) is 12.2 Å². The number of rotatable bonds is 7. The van der Waals surface area contributed by atoms with Crippen LogP contribution in [0.25, 0.3) is 0 Å². The minimum atomic E-state index is 0.0498. The van der Waals surface area contributed by atoms with Crippen LogP contribution in [0, 0.1) is 0 Å². The van der Waals surface area contributed by atoms with Gasteiger partial charge in [-0.25, -0.2) is 0 Å². The third kappa shape index (κ3) is 4.72. The molecule has 0 saturated carbocycles. The zero-order chi connectivity index (χ0) is 15.1. The number of benzene rings is 2. The fraction of sp³-hybridized carbons (Fsp3) is 0.278. The maximum atomic E-state index is 11.2. The van der Waals surface area contributed by atoms with Gasteiger partial charge in [-0.1, -0.05) is 12.1 Å². The van der Waals surface area contributed by atoms with E-state index in [0.717, 1.165) is 25.0 Å². The second kappa shape index (κ2) is 7.60. The number of ketones is 1. The molecule has 0 unspecified atom stereocenters. The van der Waals surface area contributed by atoms with Gasteiger partial charge in [-0.3, -0.25) is 4.79 Å². The lowest BCUT2D eigenvalue weighted by Crippen LogP contribution is -1.92. The quantitative estimate of drug-likeness (QED) is 0.617. The van der Waals surface area contributed by atoms with E-state index in [1.807, 2.05) is 24.3 Å². The summed E-state index contributed by atoms with van der Waals surface area (Å²) in [6.07, 6.45) is 2.79. The smallest absolute Gasteiger partial charge is 0.159 e. The van der Waals surface area contributed by atoms with Gasteiger partial charge in [-0.2, -0.15) is 0 Å². The molecule has 3 nitrogen and oxygen atoms in total. The molecule has 1 N–H and O–H groups in total. The molecule has 0 atom stereocenters. The summed E-state index contributed by atoms with van der Waals surface area (Å²) in [5.74, 6) is 1.54. The Balaban J connectivity index is 1.94. The van der Waals surface area contributed by atoms with Crippen molar-refractivity contribution in [2.45, 2.75) is 26.2 Å². The van der Waals surface area contributed by atoms with Crippen molar-refractivity contribution in [1.29, 1.82) is 0 Å². The second-order valence-corrected chi connectivity index (χ2v) is 5.01. The van der Waals surface area contributed by atoms with Crippen molar-refractivity contribution in [3.05, 3.63) is 59.7 Å². The number of aliphatic hydroxyl groups is 1. The van der Waals surface area contributed by atoms with E-state index in [-0.39, 0.29) is 12.4 Å². The zero-order valence-corrected chi connectivity index (χ0v) is 12.2. The molecule has 3 heteroatoms. The predicted molar refractivity (Wildman–Crippen MR) is 83.0 cm³/mol. The van der Waals surface area contributed by atoms with Gasteiger partial charge in [0.1, 0.15) is 11.5 Å². The molecule has 0 heterocycles. The van der Waals surface area contributed by atoms with Crippen molar-refractivity contribution in [2.24, 2.45) is 0 Å². The first-order chi connectivity index (χ1) is 10.2. The molecule has 0 bridgehead atoms. The molecule has 0 amide bonds. The van der Waals surface area contributed by atoms with Crippen LogP contribution in [-0.4, -0.2) is 17.5 Å². The Hall–Kier alpha value is -2.13. The van der Waals surface area contributed by atoms with Crippen LogP contribution in [0.1, 0.15) is 35.7 Å². The molecule has 0 spiro atoms. The molecular weight excluding hydrogens is 264 g/mol. The maximum absolute atomic E-state index is 11.2. The molecule has 0 radical (unpaired) electrons. The Morgan fingerprint density at radius 2 is 1.52 bits per heavy atom. The molecule has 21 heavy (non-hydrogen) atoms. The Morgan fingerprint density at radius 3 is 2.05 bits per heavy atom. The number of ether oxygens (including phenoxy) is 1. The summed E-state index contributed by atoms with van der Waals surface area (Å²) in [5, 5.41) is 8.77. The molecule has 2 aromatic carbocycles. The monoisotopic (exact) mass is 284 g/mol. The second-order valence-electron chi connectivity index (χ2n) is 5.01. The summed E-state index contributed by atoms with van der Waals surface area (Å²) in [5.41, 5.74) is 1.92. The lowest BCUT2D eigenvalue weighted by Gasteiger charge is -2.07. The van der Waals surface area contributed by atoms with Gasteiger partial charge >= 0.3 is 0 Å². The van der Waals surface area contributed by atoms with Crippen LogP contribution in [0.15, 0.2) is 48.5 Å². The highest BCUT2D eigenvalue weighted by molar-refractivity contribution is 5.94. The number of Topliss-reactive ketones (excluding diaryl/α,β-unsaturated/α-hetero) is 1. The van der Waals surface area contributed by atoms with E-state index < -0.39 is 0 Å². The van der Waals surface area contributed by atoms with Gasteiger partial charge in [0.05, 0.1) is 0 Å². The number of hydrogen-bond donors (Lipinski definition) is 1.